The predicted octanol–water partition coefficient (Wildman–Crippen LogP) is 4.37. The van der Waals surface area contributed by atoms with E-state index in [1.807, 2.05) is 26.0 Å². The molecule has 0 fully saturated rings. The van der Waals surface area contributed by atoms with Gasteiger partial charge in [0.2, 0.25) is 0 Å². The molecule has 1 aromatic heterocycles. The molecule has 0 unspecified atom stereocenters. The number of hydrogen-bond donors (Lipinski definition) is 0. The quantitative estimate of drug-likeness (QED) is 0.606. The summed E-state index contributed by atoms with van der Waals surface area (Å²) in [5, 5.41) is 0. The van der Waals surface area contributed by atoms with E-state index in [-0.39, 0.29) is 5.82 Å². The van der Waals surface area contributed by atoms with Crippen LogP contribution < -0.4 is 0 Å². The Morgan fingerprint density at radius 3 is 2.50 bits per heavy atom. The standard InChI is InChI=1S/C12H9FN2S.C2H6/c13-11-3-5-12(6-4-11)16-15-9-10-2-1-7-14-8-10;1-2/h1-9H;1-2H3/b15-9+;. The van der Waals surface area contributed by atoms with Crippen LogP contribution in [-0.2, 0) is 0 Å². The molecule has 0 bridgehead atoms. The van der Waals surface area contributed by atoms with Gasteiger partial charge in [-0.2, -0.15) is 0 Å². The molecule has 94 valence electrons. The van der Waals surface area contributed by atoms with E-state index >= 15 is 0 Å². The summed E-state index contributed by atoms with van der Waals surface area (Å²) in [6.07, 6.45) is 5.17. The normalized spacial score (nSPS) is 9.94. The summed E-state index contributed by atoms with van der Waals surface area (Å²) in [5.41, 5.74) is 0.942. The molecular formula is C14H15FN2S. The smallest absolute Gasteiger partial charge is 0.123 e. The van der Waals surface area contributed by atoms with Crippen molar-refractivity contribution in [3.05, 3.63) is 60.2 Å². The van der Waals surface area contributed by atoms with Gasteiger partial charge in [-0.3, -0.25) is 4.98 Å². The largest absolute Gasteiger partial charge is 0.264 e. The third-order valence-corrected chi connectivity index (χ3v) is 2.55. The molecule has 4 heteroatoms. The fourth-order valence-electron chi connectivity index (χ4n) is 1.10. The number of rotatable bonds is 3. The van der Waals surface area contributed by atoms with Crippen LogP contribution in [0, 0.1) is 5.82 Å². The maximum Gasteiger partial charge on any atom is 0.123 e. The maximum absolute atomic E-state index is 12.6. The van der Waals surface area contributed by atoms with E-state index in [2.05, 4.69) is 9.38 Å². The van der Waals surface area contributed by atoms with Crippen LogP contribution in [0.5, 0.6) is 0 Å². The van der Waals surface area contributed by atoms with Gasteiger partial charge < -0.3 is 0 Å². The lowest BCUT2D eigenvalue weighted by Crippen LogP contribution is -1.80. The predicted molar refractivity (Wildman–Crippen MR) is 75.4 cm³/mol. The van der Waals surface area contributed by atoms with Gasteiger partial charge in [-0.15, -0.1) is 0 Å². The SMILES string of the molecule is CC.Fc1ccc(S/N=C/c2cccnc2)cc1. The summed E-state index contributed by atoms with van der Waals surface area (Å²) in [5.74, 6) is -0.236. The van der Waals surface area contributed by atoms with Crippen LogP contribution in [0.2, 0.25) is 0 Å². The van der Waals surface area contributed by atoms with Crippen LogP contribution in [0.1, 0.15) is 19.4 Å². The first-order valence-corrected chi connectivity index (χ1v) is 6.48. The molecule has 0 radical (unpaired) electrons. The van der Waals surface area contributed by atoms with E-state index in [0.29, 0.717) is 0 Å². The Hall–Kier alpha value is -1.68. The lowest BCUT2D eigenvalue weighted by molar-refractivity contribution is 0.626. The average Bonchev–Trinajstić information content (AvgIpc) is 2.44. The molecule has 0 spiro atoms. The number of nitrogens with zero attached hydrogens (tertiary/aromatic N) is 2. The first-order valence-electron chi connectivity index (χ1n) is 5.70. The summed E-state index contributed by atoms with van der Waals surface area (Å²) >= 11 is 1.30. The number of halogens is 1. The zero-order chi connectivity index (χ0) is 13.2. The van der Waals surface area contributed by atoms with E-state index in [4.69, 9.17) is 0 Å². The summed E-state index contributed by atoms with van der Waals surface area (Å²) in [7, 11) is 0. The van der Waals surface area contributed by atoms with Crippen molar-refractivity contribution in [1.82, 2.24) is 4.98 Å². The lowest BCUT2D eigenvalue weighted by atomic mass is 10.3. The second-order valence-electron chi connectivity index (χ2n) is 3.07. The Morgan fingerprint density at radius 2 is 1.89 bits per heavy atom. The van der Waals surface area contributed by atoms with Gasteiger partial charge >= 0.3 is 0 Å². The minimum Gasteiger partial charge on any atom is -0.264 e. The van der Waals surface area contributed by atoms with E-state index in [0.717, 1.165) is 10.5 Å². The molecule has 2 rings (SSSR count). The molecule has 0 N–H and O–H groups in total. The highest BCUT2D eigenvalue weighted by atomic mass is 32.2. The van der Waals surface area contributed by atoms with E-state index in [1.165, 1.54) is 24.1 Å². The molecule has 0 aliphatic rings. The van der Waals surface area contributed by atoms with Crippen molar-refractivity contribution >= 4 is 18.2 Å². The molecule has 18 heavy (non-hydrogen) atoms. The van der Waals surface area contributed by atoms with Crippen molar-refractivity contribution in [2.45, 2.75) is 18.7 Å². The van der Waals surface area contributed by atoms with Gasteiger partial charge in [-0.1, -0.05) is 19.9 Å². The highest BCUT2D eigenvalue weighted by Gasteiger charge is 1.92. The maximum atomic E-state index is 12.6. The second-order valence-corrected chi connectivity index (χ2v) is 3.93. The molecule has 0 saturated heterocycles. The highest BCUT2D eigenvalue weighted by molar-refractivity contribution is 7.98. The number of benzene rings is 1. The molecule has 0 atom stereocenters. The van der Waals surface area contributed by atoms with Crippen LogP contribution in [0.3, 0.4) is 0 Å². The van der Waals surface area contributed by atoms with Gasteiger partial charge in [-0.25, -0.2) is 8.79 Å². The van der Waals surface area contributed by atoms with E-state index in [9.17, 15) is 4.39 Å². The molecule has 0 aliphatic carbocycles. The Balaban J connectivity index is 0.000000771. The summed E-state index contributed by atoms with van der Waals surface area (Å²) in [4.78, 5) is 4.88. The number of pyridine rings is 1. The first-order chi connectivity index (χ1) is 8.84. The van der Waals surface area contributed by atoms with Crippen molar-refractivity contribution in [3.8, 4) is 0 Å². The first kappa shape index (κ1) is 14.4. The van der Waals surface area contributed by atoms with Crippen molar-refractivity contribution < 1.29 is 4.39 Å². The summed E-state index contributed by atoms with van der Waals surface area (Å²) in [6, 6.07) is 10.00. The fourth-order valence-corrected chi connectivity index (χ4v) is 1.65. The molecule has 0 aliphatic heterocycles. The third kappa shape index (κ3) is 5.10. The Morgan fingerprint density at radius 1 is 1.17 bits per heavy atom. The molecule has 1 heterocycles. The van der Waals surface area contributed by atoms with Gasteiger partial charge in [0.05, 0.1) is 0 Å². The molecule has 0 amide bonds. The van der Waals surface area contributed by atoms with Gasteiger partial charge in [-0.05, 0) is 30.3 Å². The number of aromatic nitrogens is 1. The van der Waals surface area contributed by atoms with Crippen molar-refractivity contribution in [2.24, 2.45) is 4.40 Å². The minimum atomic E-state index is -0.236. The molecule has 0 saturated carbocycles. The van der Waals surface area contributed by atoms with Gasteiger partial charge in [0, 0.05) is 41.0 Å². The van der Waals surface area contributed by atoms with Crippen molar-refractivity contribution in [2.75, 3.05) is 0 Å². The molecule has 2 nitrogen and oxygen atoms in total. The van der Waals surface area contributed by atoms with Crippen LogP contribution in [0.25, 0.3) is 0 Å². The van der Waals surface area contributed by atoms with Crippen molar-refractivity contribution in [3.63, 3.8) is 0 Å². The van der Waals surface area contributed by atoms with Gasteiger partial charge in [0.15, 0.2) is 0 Å². The molecule has 1 aromatic carbocycles. The summed E-state index contributed by atoms with van der Waals surface area (Å²) in [6.45, 7) is 4.00. The summed E-state index contributed by atoms with van der Waals surface area (Å²) < 4.78 is 16.8. The Kier molecular flexibility index (Phi) is 6.72. The van der Waals surface area contributed by atoms with Crippen LogP contribution in [0.15, 0.2) is 58.1 Å². The Bertz CT molecular complexity index is 469. The Labute approximate surface area is 111 Å². The van der Waals surface area contributed by atoms with Crippen LogP contribution >= 0.6 is 11.9 Å². The second kappa shape index (κ2) is 8.42. The molecule has 2 aromatic rings. The van der Waals surface area contributed by atoms with Crippen LogP contribution in [0.4, 0.5) is 4.39 Å². The number of hydrogen-bond acceptors (Lipinski definition) is 3. The topological polar surface area (TPSA) is 25.2 Å². The van der Waals surface area contributed by atoms with Gasteiger partial charge in [0.1, 0.15) is 5.82 Å². The zero-order valence-electron chi connectivity index (χ0n) is 10.4. The average molecular weight is 262 g/mol. The fraction of sp³-hybridized carbons (Fsp3) is 0.143. The zero-order valence-corrected chi connectivity index (χ0v) is 11.2. The van der Waals surface area contributed by atoms with Gasteiger partial charge in [0.25, 0.3) is 0 Å². The molecular weight excluding hydrogens is 247 g/mol. The minimum absolute atomic E-state index is 0.236. The van der Waals surface area contributed by atoms with E-state index < -0.39 is 0 Å². The van der Waals surface area contributed by atoms with E-state index in [1.54, 1.807) is 30.7 Å². The third-order valence-electron chi connectivity index (χ3n) is 1.86. The monoisotopic (exact) mass is 262 g/mol. The van der Waals surface area contributed by atoms with Crippen LogP contribution in [-0.4, -0.2) is 11.2 Å². The lowest BCUT2D eigenvalue weighted by Gasteiger charge is -1.94. The highest BCUT2D eigenvalue weighted by Crippen LogP contribution is 2.18. The van der Waals surface area contributed by atoms with Crippen molar-refractivity contribution in [1.29, 1.82) is 0 Å².